The molecule has 0 aliphatic carbocycles. The van der Waals surface area contributed by atoms with E-state index >= 15 is 0 Å². The molecule has 1 N–H and O–H groups in total. The van der Waals surface area contributed by atoms with E-state index in [-0.39, 0.29) is 31.4 Å². The zero-order chi connectivity index (χ0) is 29.8. The van der Waals surface area contributed by atoms with Crippen LogP contribution in [0.5, 0.6) is 11.5 Å². The summed E-state index contributed by atoms with van der Waals surface area (Å²) >= 11 is 0. The molecule has 1 heterocycles. The van der Waals surface area contributed by atoms with Gasteiger partial charge in [-0.25, -0.2) is 8.42 Å². The van der Waals surface area contributed by atoms with Crippen LogP contribution in [-0.2, 0) is 32.6 Å². The van der Waals surface area contributed by atoms with Crippen molar-refractivity contribution in [3.63, 3.8) is 0 Å². The molecule has 3 aromatic rings. The number of ether oxygens (including phenoxy) is 2. The highest BCUT2D eigenvalue weighted by Gasteiger charge is 2.34. The highest BCUT2D eigenvalue weighted by Crippen LogP contribution is 2.36. The fraction of sp³-hybridized carbons (Fsp3) is 0.355. The van der Waals surface area contributed by atoms with Crippen molar-refractivity contribution in [1.82, 2.24) is 10.2 Å². The van der Waals surface area contributed by atoms with Gasteiger partial charge < -0.3 is 19.7 Å². The Morgan fingerprint density at radius 2 is 1.61 bits per heavy atom. The average Bonchev–Trinajstić information content (AvgIpc) is 3.37. The van der Waals surface area contributed by atoms with Gasteiger partial charge in [-0.15, -0.1) is 0 Å². The van der Waals surface area contributed by atoms with Gasteiger partial charge in [0.05, 0.1) is 11.9 Å². The van der Waals surface area contributed by atoms with Crippen LogP contribution < -0.4 is 19.1 Å². The van der Waals surface area contributed by atoms with Gasteiger partial charge >= 0.3 is 0 Å². The molecule has 0 radical (unpaired) electrons. The maximum absolute atomic E-state index is 14.2. The molecule has 2 amide bonds. The molecule has 0 saturated carbocycles. The minimum absolute atomic E-state index is 0.0326. The highest BCUT2D eigenvalue weighted by atomic mass is 32.2. The monoisotopic (exact) mass is 579 g/mol. The van der Waals surface area contributed by atoms with E-state index in [0.717, 1.165) is 27.3 Å². The maximum Gasteiger partial charge on any atom is 0.244 e. The van der Waals surface area contributed by atoms with E-state index in [1.807, 2.05) is 82.3 Å². The lowest BCUT2D eigenvalue weighted by Crippen LogP contribution is -2.56. The van der Waals surface area contributed by atoms with Crippen LogP contribution in [0.3, 0.4) is 0 Å². The molecule has 1 atom stereocenters. The molecule has 0 saturated heterocycles. The average molecular weight is 580 g/mol. The van der Waals surface area contributed by atoms with Crippen molar-refractivity contribution in [2.24, 2.45) is 0 Å². The van der Waals surface area contributed by atoms with E-state index in [0.29, 0.717) is 11.5 Å². The minimum atomic E-state index is -3.89. The van der Waals surface area contributed by atoms with Gasteiger partial charge in [-0.2, -0.15) is 0 Å². The fourth-order valence-corrected chi connectivity index (χ4v) is 5.47. The number of rotatable bonds is 10. The van der Waals surface area contributed by atoms with Crippen molar-refractivity contribution in [2.75, 3.05) is 23.9 Å². The molecule has 0 aromatic heterocycles. The number of amides is 2. The number of nitrogens with zero attached hydrogens (tertiary/aromatic N) is 2. The molecule has 1 aliphatic heterocycles. The van der Waals surface area contributed by atoms with Crippen LogP contribution >= 0.6 is 0 Å². The lowest BCUT2D eigenvalue weighted by Gasteiger charge is -2.35. The molecule has 3 aromatic carbocycles. The number of anilines is 1. The van der Waals surface area contributed by atoms with Gasteiger partial charge in [-0.05, 0) is 56.5 Å². The van der Waals surface area contributed by atoms with Gasteiger partial charge in [0, 0.05) is 24.6 Å². The zero-order valence-corrected chi connectivity index (χ0v) is 24.9. The van der Waals surface area contributed by atoms with Crippen LogP contribution in [0.15, 0.2) is 72.8 Å². The number of fused-ring (bicyclic) bond motifs is 1. The van der Waals surface area contributed by atoms with Crippen molar-refractivity contribution in [1.29, 1.82) is 0 Å². The maximum atomic E-state index is 14.2. The zero-order valence-electron chi connectivity index (χ0n) is 24.1. The van der Waals surface area contributed by atoms with Crippen LogP contribution in [0.2, 0.25) is 0 Å². The standard InChI is InChI=1S/C31H37N3O6S/c1-22-11-9-10-14-24(22)19-33(26(30(36)32-31(2,3)4)17-23-12-7-6-8-13-23)29(35)20-34(41(5,37)38)25-15-16-27-28(18-25)40-21-39-27/h6-16,18,26H,17,19-21H2,1-5H3,(H,32,36)/t26-/m0/s1. The Hall–Kier alpha value is -4.05. The number of hydrogen-bond donors (Lipinski definition) is 1. The van der Waals surface area contributed by atoms with E-state index in [9.17, 15) is 18.0 Å². The van der Waals surface area contributed by atoms with Crippen LogP contribution in [0.1, 0.15) is 37.5 Å². The first-order valence-corrected chi connectivity index (χ1v) is 15.2. The smallest absolute Gasteiger partial charge is 0.244 e. The first-order chi connectivity index (χ1) is 19.3. The largest absolute Gasteiger partial charge is 0.454 e. The summed E-state index contributed by atoms with van der Waals surface area (Å²) in [5.41, 5.74) is 2.40. The van der Waals surface area contributed by atoms with Crippen molar-refractivity contribution < 1.29 is 27.5 Å². The highest BCUT2D eigenvalue weighted by molar-refractivity contribution is 7.92. The second-order valence-corrected chi connectivity index (χ2v) is 13.1. The van der Waals surface area contributed by atoms with Gasteiger partial charge in [0.2, 0.25) is 28.6 Å². The summed E-state index contributed by atoms with van der Waals surface area (Å²) in [5.74, 6) is 0.0574. The van der Waals surface area contributed by atoms with E-state index in [2.05, 4.69) is 5.32 Å². The molecule has 0 fully saturated rings. The SMILES string of the molecule is Cc1ccccc1CN(C(=O)CN(c1ccc2c(c1)OCO2)S(C)(=O)=O)[C@@H](Cc1ccccc1)C(=O)NC(C)(C)C. The summed E-state index contributed by atoms with van der Waals surface area (Å²) in [6.07, 6.45) is 1.30. The Morgan fingerprint density at radius 1 is 0.951 bits per heavy atom. The van der Waals surface area contributed by atoms with Gasteiger partial charge in [0.1, 0.15) is 12.6 Å². The quantitative estimate of drug-likeness (QED) is 0.389. The molecule has 4 rings (SSSR count). The number of benzene rings is 3. The predicted octanol–water partition coefficient (Wildman–Crippen LogP) is 4.04. The lowest BCUT2D eigenvalue weighted by atomic mass is 10.00. The normalized spacial score (nSPS) is 13.4. The minimum Gasteiger partial charge on any atom is -0.454 e. The van der Waals surface area contributed by atoms with E-state index in [4.69, 9.17) is 9.47 Å². The van der Waals surface area contributed by atoms with Gasteiger partial charge in [0.25, 0.3) is 0 Å². The van der Waals surface area contributed by atoms with Crippen molar-refractivity contribution in [2.45, 2.75) is 52.2 Å². The summed E-state index contributed by atoms with van der Waals surface area (Å²) in [6, 6.07) is 20.9. The van der Waals surface area contributed by atoms with Gasteiger partial charge in [-0.1, -0.05) is 54.6 Å². The molecule has 0 bridgehead atoms. The summed E-state index contributed by atoms with van der Waals surface area (Å²) in [6.45, 7) is 7.23. The third-order valence-electron chi connectivity index (χ3n) is 6.69. The van der Waals surface area contributed by atoms with Crippen LogP contribution in [0.25, 0.3) is 0 Å². The number of nitrogens with one attached hydrogen (secondary N) is 1. The first-order valence-electron chi connectivity index (χ1n) is 13.4. The Morgan fingerprint density at radius 3 is 2.27 bits per heavy atom. The van der Waals surface area contributed by atoms with Crippen LogP contribution in [0.4, 0.5) is 5.69 Å². The summed E-state index contributed by atoms with van der Waals surface area (Å²) < 4.78 is 37.8. The first kappa shape index (κ1) is 29.9. The van der Waals surface area contributed by atoms with E-state index in [1.54, 1.807) is 12.1 Å². The van der Waals surface area contributed by atoms with Crippen molar-refractivity contribution in [3.8, 4) is 11.5 Å². The summed E-state index contributed by atoms with van der Waals surface area (Å²) in [5, 5.41) is 3.02. The van der Waals surface area contributed by atoms with Crippen LogP contribution in [0, 0.1) is 6.92 Å². The van der Waals surface area contributed by atoms with Crippen molar-refractivity contribution >= 4 is 27.5 Å². The second-order valence-electron chi connectivity index (χ2n) is 11.2. The van der Waals surface area contributed by atoms with Gasteiger partial charge in [-0.3, -0.25) is 13.9 Å². The number of sulfonamides is 1. The number of carbonyl (C=O) groups excluding carboxylic acids is 2. The lowest BCUT2D eigenvalue weighted by molar-refractivity contribution is -0.140. The molecule has 41 heavy (non-hydrogen) atoms. The molecule has 1 aliphatic rings. The van der Waals surface area contributed by atoms with E-state index < -0.39 is 34.1 Å². The Bertz CT molecular complexity index is 1500. The second kappa shape index (κ2) is 12.2. The van der Waals surface area contributed by atoms with Crippen LogP contribution in [-0.4, -0.2) is 56.3 Å². The summed E-state index contributed by atoms with van der Waals surface area (Å²) in [7, 11) is -3.89. The Balaban J connectivity index is 1.75. The molecule has 0 spiro atoms. The summed E-state index contributed by atoms with van der Waals surface area (Å²) in [4.78, 5) is 29.5. The fourth-order valence-electron chi connectivity index (χ4n) is 4.63. The molecular weight excluding hydrogens is 542 g/mol. The predicted molar refractivity (Wildman–Crippen MR) is 158 cm³/mol. The third kappa shape index (κ3) is 7.79. The Kier molecular flexibility index (Phi) is 8.92. The number of carbonyl (C=O) groups is 2. The number of hydrogen-bond acceptors (Lipinski definition) is 6. The molecular formula is C31H37N3O6S. The molecule has 218 valence electrons. The van der Waals surface area contributed by atoms with Crippen molar-refractivity contribution in [3.05, 3.63) is 89.5 Å². The Labute approximate surface area is 242 Å². The molecule has 10 heteroatoms. The van der Waals surface area contributed by atoms with E-state index in [1.165, 1.54) is 11.0 Å². The molecule has 0 unspecified atom stereocenters. The van der Waals surface area contributed by atoms with Gasteiger partial charge in [0.15, 0.2) is 11.5 Å². The topological polar surface area (TPSA) is 105 Å². The number of aryl methyl sites for hydroxylation is 1. The molecule has 9 nitrogen and oxygen atoms in total. The third-order valence-corrected chi connectivity index (χ3v) is 7.84.